The minimum absolute atomic E-state index is 0.0116. The molecule has 316 valence electrons. The second kappa shape index (κ2) is 44.8. The molecule has 0 heterocycles. The van der Waals surface area contributed by atoms with Crippen LogP contribution in [0.5, 0.6) is 0 Å². The Hall–Kier alpha value is -1.62. The van der Waals surface area contributed by atoms with E-state index in [9.17, 15) is 9.59 Å². The molecule has 0 saturated heterocycles. The predicted molar refractivity (Wildman–Crippen MR) is 194 cm³/mol. The van der Waals surface area contributed by atoms with Crippen molar-refractivity contribution in [3.05, 3.63) is 0 Å². The lowest BCUT2D eigenvalue weighted by Gasteiger charge is -2.10. The van der Waals surface area contributed by atoms with Gasteiger partial charge in [0.15, 0.2) is 0 Å². The SMILES string of the molecule is CN(C)CCOCCOCCOCCOCCOCCOCCOCCOCCOCCOCCOCCOCCOCCCNC(=O)CCC(=O)O. The maximum atomic E-state index is 11.4. The standard InChI is InChI=1S/C35H70N2O16/c1-37(2)7-9-42-11-13-44-15-17-46-19-21-48-23-25-50-27-29-52-31-33-53-32-30-51-28-26-49-24-22-47-20-18-45-16-14-43-12-10-41-8-3-6-36-34(38)4-5-35(39)40/h3-33H2,1-2H3,(H,36,38)(H,39,40). The van der Waals surface area contributed by atoms with Crippen molar-refractivity contribution in [3.63, 3.8) is 0 Å². The highest BCUT2D eigenvalue weighted by atomic mass is 16.6. The first-order chi connectivity index (χ1) is 26.0. The Morgan fingerprint density at radius 3 is 0.887 bits per heavy atom. The second-order valence-electron chi connectivity index (χ2n) is 11.4. The summed E-state index contributed by atoms with van der Waals surface area (Å²) in [7, 11) is 4.03. The lowest BCUT2D eigenvalue weighted by Crippen LogP contribution is -2.25. The molecule has 0 aliphatic carbocycles. The lowest BCUT2D eigenvalue weighted by molar-refractivity contribution is -0.138. The molecule has 0 saturated carbocycles. The molecule has 0 aliphatic rings. The third kappa shape index (κ3) is 48.4. The summed E-state index contributed by atoms with van der Waals surface area (Å²) in [4.78, 5) is 23.9. The normalized spacial score (nSPS) is 11.5. The average molecular weight is 775 g/mol. The first kappa shape index (κ1) is 51.4. The van der Waals surface area contributed by atoms with Crippen molar-refractivity contribution in [2.75, 3.05) is 199 Å². The number of ether oxygens (including phenoxy) is 13. The molecule has 0 aromatic carbocycles. The van der Waals surface area contributed by atoms with Crippen LogP contribution in [0, 0.1) is 0 Å². The van der Waals surface area contributed by atoms with E-state index in [-0.39, 0.29) is 18.7 Å². The van der Waals surface area contributed by atoms with Crippen molar-refractivity contribution < 1.29 is 76.3 Å². The maximum Gasteiger partial charge on any atom is 0.303 e. The molecule has 0 rings (SSSR count). The number of nitrogens with zero attached hydrogens (tertiary/aromatic N) is 1. The first-order valence-corrected chi connectivity index (χ1v) is 18.7. The van der Waals surface area contributed by atoms with Crippen LogP contribution in [-0.2, 0) is 71.2 Å². The van der Waals surface area contributed by atoms with Crippen molar-refractivity contribution >= 4 is 11.9 Å². The van der Waals surface area contributed by atoms with Gasteiger partial charge in [-0.3, -0.25) is 9.59 Å². The van der Waals surface area contributed by atoms with Crippen LogP contribution in [0.25, 0.3) is 0 Å². The van der Waals surface area contributed by atoms with Crippen LogP contribution in [0.1, 0.15) is 19.3 Å². The number of hydrogen-bond donors (Lipinski definition) is 2. The van der Waals surface area contributed by atoms with Gasteiger partial charge in [-0.25, -0.2) is 0 Å². The maximum absolute atomic E-state index is 11.4. The zero-order valence-electron chi connectivity index (χ0n) is 32.4. The minimum Gasteiger partial charge on any atom is -0.481 e. The van der Waals surface area contributed by atoms with Crippen molar-refractivity contribution in [1.82, 2.24) is 10.2 Å². The molecular formula is C35H70N2O16. The monoisotopic (exact) mass is 774 g/mol. The number of carbonyl (C=O) groups is 2. The van der Waals surface area contributed by atoms with Gasteiger partial charge < -0.3 is 76.9 Å². The summed E-state index contributed by atoms with van der Waals surface area (Å²) in [5.41, 5.74) is 0. The molecule has 18 nitrogen and oxygen atoms in total. The third-order valence-electron chi connectivity index (χ3n) is 6.50. The van der Waals surface area contributed by atoms with E-state index in [0.717, 1.165) is 6.54 Å². The van der Waals surface area contributed by atoms with Gasteiger partial charge in [-0.1, -0.05) is 0 Å². The Morgan fingerprint density at radius 2 is 0.642 bits per heavy atom. The molecule has 0 spiro atoms. The van der Waals surface area contributed by atoms with Crippen molar-refractivity contribution in [3.8, 4) is 0 Å². The van der Waals surface area contributed by atoms with Gasteiger partial charge in [0.25, 0.3) is 0 Å². The third-order valence-corrected chi connectivity index (χ3v) is 6.50. The molecular weight excluding hydrogens is 704 g/mol. The van der Waals surface area contributed by atoms with Crippen LogP contribution in [0.15, 0.2) is 0 Å². The van der Waals surface area contributed by atoms with Gasteiger partial charge in [0.2, 0.25) is 5.91 Å². The van der Waals surface area contributed by atoms with Crippen LogP contribution in [0.3, 0.4) is 0 Å². The van der Waals surface area contributed by atoms with E-state index in [1.165, 1.54) is 0 Å². The van der Waals surface area contributed by atoms with Gasteiger partial charge in [0, 0.05) is 26.1 Å². The quantitative estimate of drug-likeness (QED) is 0.0794. The fourth-order valence-electron chi connectivity index (χ4n) is 3.70. The van der Waals surface area contributed by atoms with Crippen LogP contribution in [-0.4, -0.2) is 221 Å². The highest BCUT2D eigenvalue weighted by Gasteiger charge is 2.04. The molecule has 0 fully saturated rings. The highest BCUT2D eigenvalue weighted by Crippen LogP contribution is 1.91. The molecule has 0 unspecified atom stereocenters. The predicted octanol–water partition coefficient (Wildman–Crippen LogP) is 0.135. The molecule has 0 atom stereocenters. The van der Waals surface area contributed by atoms with Gasteiger partial charge in [0.05, 0.1) is 172 Å². The fraction of sp³-hybridized carbons (Fsp3) is 0.943. The Kier molecular flexibility index (Phi) is 43.4. The van der Waals surface area contributed by atoms with Crippen LogP contribution < -0.4 is 5.32 Å². The molecule has 0 aliphatic heterocycles. The van der Waals surface area contributed by atoms with E-state index in [4.69, 9.17) is 66.7 Å². The summed E-state index contributed by atoms with van der Waals surface area (Å²) in [6.45, 7) is 14.5. The van der Waals surface area contributed by atoms with Crippen LogP contribution in [0.2, 0.25) is 0 Å². The summed E-state index contributed by atoms with van der Waals surface area (Å²) >= 11 is 0. The summed E-state index contributed by atoms with van der Waals surface area (Å²) in [6, 6.07) is 0. The number of aliphatic carboxylic acids is 1. The summed E-state index contributed by atoms with van der Waals surface area (Å²) in [6.07, 6.45) is 0.473. The van der Waals surface area contributed by atoms with Gasteiger partial charge in [-0.05, 0) is 20.5 Å². The van der Waals surface area contributed by atoms with E-state index >= 15 is 0 Å². The highest BCUT2D eigenvalue weighted by molar-refractivity contribution is 5.80. The number of carboxylic acids is 1. The van der Waals surface area contributed by atoms with Gasteiger partial charge in [0.1, 0.15) is 0 Å². The fourth-order valence-corrected chi connectivity index (χ4v) is 3.70. The number of amides is 1. The van der Waals surface area contributed by atoms with Crippen LogP contribution >= 0.6 is 0 Å². The van der Waals surface area contributed by atoms with E-state index in [2.05, 4.69) is 10.2 Å². The van der Waals surface area contributed by atoms with E-state index in [1.807, 2.05) is 14.1 Å². The summed E-state index contributed by atoms with van der Waals surface area (Å²) < 4.78 is 71.0. The number of carbonyl (C=O) groups excluding carboxylic acids is 1. The van der Waals surface area contributed by atoms with Gasteiger partial charge >= 0.3 is 5.97 Å². The zero-order valence-corrected chi connectivity index (χ0v) is 32.4. The topological polar surface area (TPSA) is 190 Å². The smallest absolute Gasteiger partial charge is 0.303 e. The van der Waals surface area contributed by atoms with Crippen molar-refractivity contribution in [2.45, 2.75) is 19.3 Å². The van der Waals surface area contributed by atoms with Crippen molar-refractivity contribution in [1.29, 1.82) is 0 Å². The number of likely N-dealkylation sites (N-methyl/N-ethyl adjacent to an activating group) is 1. The molecule has 2 N–H and O–H groups in total. The summed E-state index contributed by atoms with van der Waals surface area (Å²) in [5, 5.41) is 11.2. The molecule has 53 heavy (non-hydrogen) atoms. The Balaban J connectivity index is 3.08. The molecule has 0 aromatic rings. The Morgan fingerprint density at radius 1 is 0.396 bits per heavy atom. The molecule has 18 heteroatoms. The van der Waals surface area contributed by atoms with Gasteiger partial charge in [-0.15, -0.1) is 0 Å². The van der Waals surface area contributed by atoms with E-state index < -0.39 is 5.97 Å². The van der Waals surface area contributed by atoms with Gasteiger partial charge in [-0.2, -0.15) is 0 Å². The Labute approximate surface area is 316 Å². The minimum atomic E-state index is -0.984. The average Bonchev–Trinajstić information content (AvgIpc) is 3.14. The largest absolute Gasteiger partial charge is 0.481 e. The Bertz CT molecular complexity index is 757. The number of carboxylic acid groups (broad SMARTS) is 1. The molecule has 0 bridgehead atoms. The van der Waals surface area contributed by atoms with E-state index in [0.29, 0.717) is 185 Å². The van der Waals surface area contributed by atoms with Crippen LogP contribution in [0.4, 0.5) is 0 Å². The van der Waals surface area contributed by atoms with Crippen molar-refractivity contribution in [2.24, 2.45) is 0 Å². The second-order valence-corrected chi connectivity index (χ2v) is 11.4. The zero-order chi connectivity index (χ0) is 38.6. The number of rotatable bonds is 46. The molecule has 1 amide bonds. The molecule has 0 aromatic heterocycles. The lowest BCUT2D eigenvalue weighted by atomic mass is 10.3. The molecule has 0 radical (unpaired) electrons. The number of hydrogen-bond acceptors (Lipinski definition) is 16. The summed E-state index contributed by atoms with van der Waals surface area (Å²) in [5.74, 6) is -1.25. The van der Waals surface area contributed by atoms with E-state index in [1.54, 1.807) is 0 Å². The first-order valence-electron chi connectivity index (χ1n) is 18.7. The number of nitrogens with one attached hydrogen (secondary N) is 1.